The third-order valence-electron chi connectivity index (χ3n) is 3.54. The van der Waals surface area contributed by atoms with Crippen molar-refractivity contribution in [2.24, 2.45) is 5.92 Å². The first-order valence-corrected chi connectivity index (χ1v) is 10.9. The van der Waals surface area contributed by atoms with Gasteiger partial charge in [0.1, 0.15) is 6.04 Å². The van der Waals surface area contributed by atoms with Crippen LogP contribution in [0, 0.1) is 5.92 Å². The Morgan fingerprint density at radius 2 is 1.52 bits per heavy atom. The third kappa shape index (κ3) is 32.2. The summed E-state index contributed by atoms with van der Waals surface area (Å²) in [4.78, 5) is 22.6. The first-order chi connectivity index (χ1) is 13.0. The van der Waals surface area contributed by atoms with E-state index in [0.717, 1.165) is 12.8 Å². The standard InChI is InChI=1S/C18H33NO4.Na.H2O4S.H/c1-4-5-6-7-8-9-10-11-12-13-23-18(22)19-16(17(20)21)14-15(2)3;;1-5(2,3)4;/h12-13,15-16H,4-11,14H2,1-3H3,(H,19,22)(H,20,21);;(H2,1,2,3,4);/t16-;;;/m0.../s1. The van der Waals surface area contributed by atoms with E-state index < -0.39 is 28.5 Å². The number of carboxylic acids is 1. The monoisotopic (exact) mass is 449 g/mol. The molecule has 0 aromatic rings. The molecule has 0 bridgehead atoms. The van der Waals surface area contributed by atoms with Crippen molar-refractivity contribution in [2.75, 3.05) is 0 Å². The third-order valence-corrected chi connectivity index (χ3v) is 3.54. The van der Waals surface area contributed by atoms with Gasteiger partial charge in [-0.2, -0.15) is 8.42 Å². The zero-order valence-corrected chi connectivity index (χ0v) is 17.8. The first-order valence-electron chi connectivity index (χ1n) is 9.52. The first kappa shape index (κ1) is 33.0. The van der Waals surface area contributed by atoms with E-state index in [1.807, 2.05) is 19.9 Å². The van der Waals surface area contributed by atoms with Gasteiger partial charge in [0.15, 0.2) is 0 Å². The van der Waals surface area contributed by atoms with E-state index in [2.05, 4.69) is 12.2 Å². The van der Waals surface area contributed by atoms with Gasteiger partial charge in [-0.3, -0.25) is 9.11 Å². The van der Waals surface area contributed by atoms with Gasteiger partial charge in [0.25, 0.3) is 0 Å². The predicted molar refractivity (Wildman–Crippen MR) is 114 cm³/mol. The van der Waals surface area contributed by atoms with Crippen LogP contribution in [0.15, 0.2) is 12.3 Å². The van der Waals surface area contributed by atoms with Gasteiger partial charge in [0, 0.05) is 0 Å². The van der Waals surface area contributed by atoms with E-state index in [1.165, 1.54) is 44.8 Å². The molecule has 0 saturated heterocycles. The van der Waals surface area contributed by atoms with Gasteiger partial charge in [-0.1, -0.05) is 59.3 Å². The maximum atomic E-state index is 11.5. The molecule has 0 fully saturated rings. The van der Waals surface area contributed by atoms with Gasteiger partial charge >= 0.3 is 52.0 Å². The number of carboxylic acid groups (broad SMARTS) is 1. The second-order valence-electron chi connectivity index (χ2n) is 6.80. The zero-order chi connectivity index (χ0) is 22.0. The SMILES string of the molecule is CCCCCCCCCC=COC(=O)N[C@@H](CC(C)C)C(=O)O.O=S(=O)(O)O.[NaH]. The molecule has 1 atom stereocenters. The molecule has 1 amide bonds. The topological polar surface area (TPSA) is 150 Å². The fraction of sp³-hybridized carbons (Fsp3) is 0.778. The normalized spacial score (nSPS) is 11.9. The van der Waals surface area contributed by atoms with Crippen LogP contribution in [0.25, 0.3) is 0 Å². The average Bonchev–Trinajstić information content (AvgIpc) is 2.54. The van der Waals surface area contributed by atoms with E-state index in [1.54, 1.807) is 0 Å². The van der Waals surface area contributed by atoms with Crippen molar-refractivity contribution in [3.05, 3.63) is 12.3 Å². The van der Waals surface area contributed by atoms with Crippen LogP contribution in [0.4, 0.5) is 4.79 Å². The van der Waals surface area contributed by atoms with E-state index >= 15 is 0 Å². The molecule has 0 spiro atoms. The minimum absolute atomic E-state index is 0. The van der Waals surface area contributed by atoms with E-state index in [4.69, 9.17) is 27.4 Å². The summed E-state index contributed by atoms with van der Waals surface area (Å²) in [5, 5.41) is 11.4. The van der Waals surface area contributed by atoms with Crippen molar-refractivity contribution in [2.45, 2.75) is 84.6 Å². The summed E-state index contributed by atoms with van der Waals surface area (Å²) in [6, 6.07) is -0.904. The van der Waals surface area contributed by atoms with Crippen LogP contribution < -0.4 is 5.32 Å². The van der Waals surface area contributed by atoms with Gasteiger partial charge in [0.05, 0.1) is 6.26 Å². The van der Waals surface area contributed by atoms with Crippen LogP contribution in [0.2, 0.25) is 0 Å². The number of rotatable bonds is 13. The molecule has 0 radical (unpaired) electrons. The number of carbonyl (C=O) groups excluding carboxylic acids is 1. The summed E-state index contributed by atoms with van der Waals surface area (Å²) in [7, 11) is -4.67. The molecule has 168 valence electrons. The van der Waals surface area contributed by atoms with E-state index in [0.29, 0.717) is 6.42 Å². The molecule has 29 heavy (non-hydrogen) atoms. The number of aliphatic carboxylic acids is 1. The van der Waals surface area contributed by atoms with Crippen molar-refractivity contribution < 1.29 is 37.0 Å². The van der Waals surface area contributed by atoms with E-state index in [9.17, 15) is 9.59 Å². The molecule has 0 aliphatic heterocycles. The van der Waals surface area contributed by atoms with Crippen LogP contribution in [0.3, 0.4) is 0 Å². The molecule has 0 aromatic carbocycles. The van der Waals surface area contributed by atoms with Crippen LogP contribution in [0.1, 0.15) is 78.6 Å². The summed E-state index contributed by atoms with van der Waals surface area (Å²) in [5.74, 6) is -0.855. The number of ether oxygens (including phenoxy) is 1. The Labute approximate surface area is 196 Å². The maximum absolute atomic E-state index is 11.5. The molecule has 0 aromatic heterocycles. The fourth-order valence-electron chi connectivity index (χ4n) is 2.27. The predicted octanol–water partition coefficient (Wildman–Crippen LogP) is 3.57. The number of hydrogen-bond donors (Lipinski definition) is 4. The van der Waals surface area contributed by atoms with E-state index in [-0.39, 0.29) is 35.5 Å². The average molecular weight is 450 g/mol. The Kier molecular flexibility index (Phi) is 23.5. The van der Waals surface area contributed by atoms with Gasteiger partial charge in [-0.05, 0) is 31.3 Å². The quantitative estimate of drug-likeness (QED) is 0.144. The van der Waals surface area contributed by atoms with Crippen molar-refractivity contribution >= 4 is 52.0 Å². The van der Waals surface area contributed by atoms with Crippen molar-refractivity contribution in [1.29, 1.82) is 0 Å². The van der Waals surface area contributed by atoms with Crippen molar-refractivity contribution in [3.63, 3.8) is 0 Å². The molecule has 4 N–H and O–H groups in total. The Bertz CT molecular complexity index is 544. The molecule has 0 aliphatic rings. The van der Waals surface area contributed by atoms with Crippen LogP contribution in [-0.4, -0.2) is 70.3 Å². The Balaban J connectivity index is -0.000000997. The molecule has 0 rings (SSSR count). The number of hydrogen-bond acceptors (Lipinski definition) is 5. The van der Waals surface area contributed by atoms with Gasteiger partial charge < -0.3 is 15.2 Å². The summed E-state index contributed by atoms with van der Waals surface area (Å²) >= 11 is 0. The molecular weight excluding hydrogens is 413 g/mol. The number of amides is 1. The number of nitrogens with one attached hydrogen (secondary N) is 1. The fourth-order valence-corrected chi connectivity index (χ4v) is 2.27. The Morgan fingerprint density at radius 3 is 1.97 bits per heavy atom. The number of alkyl carbamates (subject to hydrolysis) is 1. The van der Waals surface area contributed by atoms with Crippen molar-refractivity contribution in [3.8, 4) is 0 Å². The number of allylic oxidation sites excluding steroid dienone is 1. The Morgan fingerprint density at radius 1 is 1.03 bits per heavy atom. The van der Waals surface area contributed by atoms with Crippen LogP contribution >= 0.6 is 0 Å². The van der Waals surface area contributed by atoms with Crippen LogP contribution in [-0.2, 0) is 19.9 Å². The second-order valence-corrected chi connectivity index (χ2v) is 7.70. The van der Waals surface area contributed by atoms with Gasteiger partial charge in [0.2, 0.25) is 0 Å². The minimum atomic E-state index is -4.67. The zero-order valence-electron chi connectivity index (χ0n) is 17.0. The number of carbonyl (C=O) groups is 2. The molecule has 0 saturated carbocycles. The summed E-state index contributed by atoms with van der Waals surface area (Å²) < 4.78 is 36.5. The molecule has 0 aliphatic carbocycles. The molecule has 11 heteroatoms. The summed E-state index contributed by atoms with van der Waals surface area (Å²) in [6.07, 6.45) is 12.4. The van der Waals surface area contributed by atoms with Crippen molar-refractivity contribution in [1.82, 2.24) is 5.32 Å². The van der Waals surface area contributed by atoms with Gasteiger partial charge in [-0.25, -0.2) is 9.59 Å². The molecular formula is C18H36NNaO8S. The molecule has 0 unspecified atom stereocenters. The molecule has 0 heterocycles. The summed E-state index contributed by atoms with van der Waals surface area (Å²) in [6.45, 7) is 6.03. The van der Waals surface area contributed by atoms with Crippen LogP contribution in [0.5, 0.6) is 0 Å². The molecule has 9 nitrogen and oxygen atoms in total. The number of unbranched alkanes of at least 4 members (excludes halogenated alkanes) is 7. The van der Waals surface area contributed by atoms with Gasteiger partial charge in [-0.15, -0.1) is 0 Å². The summed E-state index contributed by atoms with van der Waals surface area (Å²) in [5.41, 5.74) is 0. The second kappa shape index (κ2) is 20.6. The Hall–Kier alpha value is -0.650.